The van der Waals surface area contributed by atoms with Crippen LogP contribution in [0.2, 0.25) is 0 Å². The largest absolute Gasteiger partial charge is 0.462 e. The van der Waals surface area contributed by atoms with Gasteiger partial charge in [-0.25, -0.2) is 14.8 Å². The lowest BCUT2D eigenvalue weighted by molar-refractivity contribution is -0.0210. The lowest BCUT2D eigenvalue weighted by Crippen LogP contribution is -2.26. The normalized spacial score (nSPS) is 15.2. The molecule has 0 aromatic carbocycles. The van der Waals surface area contributed by atoms with E-state index in [1.807, 2.05) is 20.8 Å². The maximum atomic E-state index is 12.0. The molecule has 5 heteroatoms. The summed E-state index contributed by atoms with van der Waals surface area (Å²) in [6.45, 7) is 8.56. The first-order valence-electron chi connectivity index (χ1n) is 7.18. The van der Waals surface area contributed by atoms with E-state index in [2.05, 4.69) is 9.97 Å². The molecule has 0 radical (unpaired) electrons. The summed E-state index contributed by atoms with van der Waals surface area (Å²) in [5.74, 6) is 0.637. The highest BCUT2D eigenvalue weighted by Gasteiger charge is 2.33. The van der Waals surface area contributed by atoms with Crippen molar-refractivity contribution in [2.45, 2.75) is 52.1 Å². The molecule has 0 atom stereocenters. The first-order valence-corrected chi connectivity index (χ1v) is 7.18. The van der Waals surface area contributed by atoms with Crippen molar-refractivity contribution in [2.75, 3.05) is 13.2 Å². The maximum absolute atomic E-state index is 12.0. The van der Waals surface area contributed by atoms with Gasteiger partial charge in [0.25, 0.3) is 0 Å². The van der Waals surface area contributed by atoms with Crippen LogP contribution in [-0.4, -0.2) is 29.2 Å². The van der Waals surface area contributed by atoms with Gasteiger partial charge in [0.1, 0.15) is 5.60 Å². The van der Waals surface area contributed by atoms with Crippen molar-refractivity contribution in [3.05, 3.63) is 23.3 Å². The number of aromatic nitrogens is 2. The molecule has 5 nitrogen and oxygen atoms in total. The number of ether oxygens (including phenoxy) is 2. The molecule has 0 amide bonds. The number of nitrogens with zero attached hydrogens (tertiary/aromatic N) is 2. The molecule has 1 aromatic heterocycles. The zero-order chi connectivity index (χ0) is 14.8. The second kappa shape index (κ2) is 5.87. The first-order chi connectivity index (χ1) is 9.49. The van der Waals surface area contributed by atoms with Crippen LogP contribution in [0.1, 0.15) is 68.3 Å². The Kier molecular flexibility index (Phi) is 4.38. The predicted molar refractivity (Wildman–Crippen MR) is 74.6 cm³/mol. The van der Waals surface area contributed by atoms with Crippen LogP contribution in [0.15, 0.2) is 6.20 Å². The monoisotopic (exact) mass is 278 g/mol. The smallest absolute Gasteiger partial charge is 0.341 e. The van der Waals surface area contributed by atoms with E-state index in [1.54, 1.807) is 13.1 Å². The van der Waals surface area contributed by atoms with Gasteiger partial charge in [-0.05, 0) is 40.5 Å². The summed E-state index contributed by atoms with van der Waals surface area (Å²) in [7, 11) is 0. The van der Waals surface area contributed by atoms with Crippen molar-refractivity contribution < 1.29 is 14.3 Å². The highest BCUT2D eigenvalue weighted by Crippen LogP contribution is 2.41. The number of rotatable bonds is 6. The third kappa shape index (κ3) is 3.15. The van der Waals surface area contributed by atoms with Crippen LogP contribution in [0.3, 0.4) is 0 Å². The molecule has 110 valence electrons. The fourth-order valence-corrected chi connectivity index (χ4v) is 2.14. The van der Waals surface area contributed by atoms with Gasteiger partial charge in [-0.15, -0.1) is 0 Å². The van der Waals surface area contributed by atoms with Crippen LogP contribution in [0.4, 0.5) is 0 Å². The van der Waals surface area contributed by atoms with Crippen molar-refractivity contribution in [3.63, 3.8) is 0 Å². The summed E-state index contributed by atoms with van der Waals surface area (Å²) in [5.41, 5.74) is 0.748. The van der Waals surface area contributed by atoms with Gasteiger partial charge in [0, 0.05) is 18.7 Å². The number of hydrogen-bond donors (Lipinski definition) is 0. The standard InChI is InChI=1S/C15H22N2O3/c1-5-19-13(18)11-9-16-14(15(3,4)20-6-2)17-12(11)10-7-8-10/h9-10H,5-8H2,1-4H3. The van der Waals surface area contributed by atoms with Crippen LogP contribution in [-0.2, 0) is 15.1 Å². The minimum Gasteiger partial charge on any atom is -0.462 e. The average Bonchev–Trinajstić information content (AvgIpc) is 3.22. The summed E-state index contributed by atoms with van der Waals surface area (Å²) < 4.78 is 10.7. The third-order valence-corrected chi connectivity index (χ3v) is 3.32. The molecule has 0 saturated heterocycles. The van der Waals surface area contributed by atoms with Gasteiger partial charge in [-0.2, -0.15) is 0 Å². The SMILES string of the molecule is CCOC(=O)c1cnc(C(C)(C)OCC)nc1C1CC1. The van der Waals surface area contributed by atoms with E-state index in [1.165, 1.54) is 0 Å². The first kappa shape index (κ1) is 14.9. The van der Waals surface area contributed by atoms with Crippen molar-refractivity contribution in [3.8, 4) is 0 Å². The molecule has 1 heterocycles. The number of carbonyl (C=O) groups excluding carboxylic acids is 1. The molecule has 0 unspecified atom stereocenters. The molecule has 1 fully saturated rings. The minimum absolute atomic E-state index is 0.338. The second-order valence-electron chi connectivity index (χ2n) is 5.43. The summed E-state index contributed by atoms with van der Waals surface area (Å²) in [4.78, 5) is 20.8. The fraction of sp³-hybridized carbons (Fsp3) is 0.667. The molecule has 0 N–H and O–H groups in total. The van der Waals surface area contributed by atoms with Crippen LogP contribution < -0.4 is 0 Å². The zero-order valence-electron chi connectivity index (χ0n) is 12.6. The highest BCUT2D eigenvalue weighted by atomic mass is 16.5. The summed E-state index contributed by atoms with van der Waals surface area (Å²) in [5, 5.41) is 0. The van der Waals surface area contributed by atoms with E-state index < -0.39 is 5.60 Å². The van der Waals surface area contributed by atoms with Gasteiger partial charge in [-0.3, -0.25) is 0 Å². The number of esters is 1. The molecular formula is C15H22N2O3. The Morgan fingerprint density at radius 2 is 2.05 bits per heavy atom. The molecule has 0 aliphatic heterocycles. The van der Waals surface area contributed by atoms with Crippen molar-refractivity contribution in [1.82, 2.24) is 9.97 Å². The molecular weight excluding hydrogens is 256 g/mol. The molecule has 1 aliphatic carbocycles. The number of carbonyl (C=O) groups is 1. The Balaban J connectivity index is 2.35. The van der Waals surface area contributed by atoms with Gasteiger partial charge in [0.15, 0.2) is 5.82 Å². The van der Waals surface area contributed by atoms with Crippen molar-refractivity contribution in [1.29, 1.82) is 0 Å². The fourth-order valence-electron chi connectivity index (χ4n) is 2.14. The van der Waals surface area contributed by atoms with Gasteiger partial charge < -0.3 is 9.47 Å². The van der Waals surface area contributed by atoms with Gasteiger partial charge in [-0.1, -0.05) is 0 Å². The third-order valence-electron chi connectivity index (χ3n) is 3.32. The Hall–Kier alpha value is -1.49. The molecule has 20 heavy (non-hydrogen) atoms. The van der Waals surface area contributed by atoms with E-state index in [4.69, 9.17) is 9.47 Å². The Morgan fingerprint density at radius 3 is 2.60 bits per heavy atom. The second-order valence-corrected chi connectivity index (χ2v) is 5.43. The van der Waals surface area contributed by atoms with E-state index in [0.717, 1.165) is 18.5 Å². The van der Waals surface area contributed by atoms with Crippen LogP contribution in [0.25, 0.3) is 0 Å². The number of hydrogen-bond acceptors (Lipinski definition) is 5. The van der Waals surface area contributed by atoms with Gasteiger partial charge >= 0.3 is 5.97 Å². The lowest BCUT2D eigenvalue weighted by atomic mass is 10.1. The van der Waals surface area contributed by atoms with E-state index in [0.29, 0.717) is 30.5 Å². The molecule has 1 aliphatic rings. The molecule has 0 bridgehead atoms. The lowest BCUT2D eigenvalue weighted by Gasteiger charge is -2.23. The average molecular weight is 278 g/mol. The van der Waals surface area contributed by atoms with Crippen LogP contribution in [0, 0.1) is 0 Å². The minimum atomic E-state index is -0.550. The van der Waals surface area contributed by atoms with Crippen molar-refractivity contribution in [2.24, 2.45) is 0 Å². The highest BCUT2D eigenvalue weighted by molar-refractivity contribution is 5.90. The molecule has 0 spiro atoms. The maximum Gasteiger partial charge on any atom is 0.341 e. The Labute approximate surface area is 119 Å². The molecule has 1 aromatic rings. The summed E-state index contributed by atoms with van der Waals surface area (Å²) in [6.07, 6.45) is 3.71. The van der Waals surface area contributed by atoms with Crippen LogP contribution in [0.5, 0.6) is 0 Å². The molecule has 1 saturated carbocycles. The summed E-state index contributed by atoms with van der Waals surface area (Å²) >= 11 is 0. The Bertz CT molecular complexity index is 496. The Morgan fingerprint density at radius 1 is 1.35 bits per heavy atom. The quantitative estimate of drug-likeness (QED) is 0.749. The van der Waals surface area contributed by atoms with Gasteiger partial charge in [0.05, 0.1) is 17.9 Å². The molecule has 2 rings (SSSR count). The van der Waals surface area contributed by atoms with Crippen molar-refractivity contribution >= 4 is 5.97 Å². The van der Waals surface area contributed by atoms with Crippen LogP contribution >= 0.6 is 0 Å². The van der Waals surface area contributed by atoms with E-state index >= 15 is 0 Å². The zero-order valence-corrected chi connectivity index (χ0v) is 12.6. The van der Waals surface area contributed by atoms with E-state index in [9.17, 15) is 4.79 Å². The topological polar surface area (TPSA) is 61.3 Å². The summed E-state index contributed by atoms with van der Waals surface area (Å²) in [6, 6.07) is 0. The van der Waals surface area contributed by atoms with E-state index in [-0.39, 0.29) is 5.97 Å². The van der Waals surface area contributed by atoms with Gasteiger partial charge in [0.2, 0.25) is 0 Å². The predicted octanol–water partition coefficient (Wildman–Crippen LogP) is 2.80.